The van der Waals surface area contributed by atoms with Gasteiger partial charge in [0.1, 0.15) is 24.4 Å². The van der Waals surface area contributed by atoms with Gasteiger partial charge in [0.25, 0.3) is 8.32 Å². The Morgan fingerprint density at radius 2 is 1.44 bits per heavy atom. The quantitative estimate of drug-likeness (QED) is 0.136. The molecule has 2 heterocycles. The number of allylic oxidation sites excluding steroid dienone is 4. The highest BCUT2D eigenvalue weighted by molar-refractivity contribution is 6.99. The van der Waals surface area contributed by atoms with Crippen LogP contribution >= 0.6 is 0 Å². The van der Waals surface area contributed by atoms with Crippen molar-refractivity contribution < 1.29 is 42.4 Å². The molecule has 0 N–H and O–H groups in total. The summed E-state index contributed by atoms with van der Waals surface area (Å²) >= 11 is 0. The second kappa shape index (κ2) is 18.6. The fourth-order valence-corrected chi connectivity index (χ4v) is 16.2. The van der Waals surface area contributed by atoms with E-state index in [0.29, 0.717) is 6.42 Å². The van der Waals surface area contributed by atoms with Crippen molar-refractivity contribution in [1.29, 1.82) is 0 Å². The van der Waals surface area contributed by atoms with Gasteiger partial charge in [0, 0.05) is 33.2 Å². The van der Waals surface area contributed by atoms with Gasteiger partial charge in [0.2, 0.25) is 0 Å². The summed E-state index contributed by atoms with van der Waals surface area (Å²) in [4.78, 5) is 29.0. The van der Waals surface area contributed by atoms with E-state index in [0.717, 1.165) is 37.7 Å². The van der Waals surface area contributed by atoms with Crippen molar-refractivity contribution in [2.24, 2.45) is 35.5 Å². The molecule has 3 aliphatic carbocycles. The molecular weight excluding hydrogens is 761 g/mol. The van der Waals surface area contributed by atoms with Crippen molar-refractivity contribution in [2.45, 2.75) is 141 Å². The van der Waals surface area contributed by atoms with Crippen molar-refractivity contribution in [1.82, 2.24) is 0 Å². The summed E-state index contributed by atoms with van der Waals surface area (Å²) < 4.78 is 44.6. The van der Waals surface area contributed by atoms with E-state index >= 15 is 4.79 Å². The molecule has 7 rings (SSSR count). The van der Waals surface area contributed by atoms with E-state index in [1.54, 1.807) is 21.3 Å². The Bertz CT molecular complexity index is 1750. The molecule has 0 radical (unpaired) electrons. The zero-order chi connectivity index (χ0) is 42.1. The topological polar surface area (TPSA) is 98.8 Å². The molecule has 2 aromatic rings. The predicted molar refractivity (Wildman–Crippen MR) is 231 cm³/mol. The number of cyclic esters (lactones) is 1. The van der Waals surface area contributed by atoms with Crippen LogP contribution in [0.15, 0.2) is 84.5 Å². The summed E-state index contributed by atoms with van der Waals surface area (Å²) in [5.74, 6) is -0.153. The second-order valence-electron chi connectivity index (χ2n) is 18.8. The Labute approximate surface area is 353 Å². The maximum Gasteiger partial charge on any atom is 0.306 e. The lowest BCUT2D eigenvalue weighted by molar-refractivity contribution is -0.314. The molecule has 2 aliphatic heterocycles. The van der Waals surface area contributed by atoms with Crippen LogP contribution in [0.25, 0.3) is 0 Å². The first-order chi connectivity index (χ1) is 28.3. The van der Waals surface area contributed by atoms with Gasteiger partial charge in [0.05, 0.1) is 24.7 Å². The van der Waals surface area contributed by atoms with Gasteiger partial charge in [-0.15, -0.1) is 0 Å². The third kappa shape index (κ3) is 8.62. The zero-order valence-corrected chi connectivity index (χ0v) is 37.7. The Hall–Kier alpha value is -2.96. The highest BCUT2D eigenvalue weighted by Gasteiger charge is 2.55. The standard InChI is InChI=1S/C49H68O9Si/c1-10-33-18-17-23-42(58-59(49(4,5)6,35-19-13-11-14-20-35)36-21-15-12-16-22-36)30(2)44(51)41-28-39-37(40(41)29-43(50)56-33)25-24-32-26-34(27-38(32)39)57-48-47(54-9)46(53-8)45(52-7)31(3)55-48/h11-16,19-22,24-25,28,30-34,37-40,42,45-48H,10,17-18,23,26-27,29H2,1-9H3/t30-,31-,32-,33+,34-,37-,38-,39-,40-,42+,45+,46+,47-,48+/m1/s1. The van der Waals surface area contributed by atoms with Gasteiger partial charge in [-0.05, 0) is 90.1 Å². The smallest absolute Gasteiger partial charge is 0.306 e. The van der Waals surface area contributed by atoms with Crippen LogP contribution in [-0.2, 0) is 42.4 Å². The number of Topliss-reactive ketones (excluding diaryl/α,β-unsaturated/α-hetero) is 1. The summed E-state index contributed by atoms with van der Waals surface area (Å²) in [5, 5.41) is 2.16. The minimum absolute atomic E-state index is 0.0192. The van der Waals surface area contributed by atoms with Gasteiger partial charge < -0.3 is 32.8 Å². The molecule has 0 spiro atoms. The van der Waals surface area contributed by atoms with Gasteiger partial charge in [-0.3, -0.25) is 9.59 Å². The molecule has 3 fully saturated rings. The lowest BCUT2D eigenvalue weighted by Gasteiger charge is -2.46. The van der Waals surface area contributed by atoms with Crippen LogP contribution < -0.4 is 10.4 Å². The number of esters is 1. The Kier molecular flexibility index (Phi) is 13.9. The first-order valence-corrected chi connectivity index (χ1v) is 24.1. The minimum atomic E-state index is -2.98. The molecule has 0 bridgehead atoms. The third-order valence-electron chi connectivity index (χ3n) is 14.4. The van der Waals surface area contributed by atoms with E-state index in [-0.39, 0.29) is 89.4 Å². The van der Waals surface area contributed by atoms with Crippen LogP contribution in [0.1, 0.15) is 86.5 Å². The van der Waals surface area contributed by atoms with Crippen molar-refractivity contribution in [2.75, 3.05) is 21.3 Å². The Morgan fingerprint density at radius 3 is 2.03 bits per heavy atom. The molecule has 2 aromatic carbocycles. The van der Waals surface area contributed by atoms with Crippen LogP contribution in [0, 0.1) is 35.5 Å². The molecule has 2 saturated heterocycles. The number of carbonyl (C=O) groups is 2. The second-order valence-corrected chi connectivity index (χ2v) is 23.0. The third-order valence-corrected chi connectivity index (χ3v) is 19.5. The van der Waals surface area contributed by atoms with Gasteiger partial charge in [-0.1, -0.05) is 114 Å². The number of carbonyl (C=O) groups excluding carboxylic acids is 2. The lowest BCUT2D eigenvalue weighted by atomic mass is 9.70. The lowest BCUT2D eigenvalue weighted by Crippen LogP contribution is -2.68. The Morgan fingerprint density at radius 1 is 0.797 bits per heavy atom. The summed E-state index contributed by atoms with van der Waals surface area (Å²) in [6.07, 6.45) is 9.16. The van der Waals surface area contributed by atoms with Crippen molar-refractivity contribution in [3.8, 4) is 0 Å². The van der Waals surface area contributed by atoms with Crippen molar-refractivity contribution in [3.63, 3.8) is 0 Å². The molecule has 0 unspecified atom stereocenters. The SMILES string of the molecule is CC[C@H]1CCC[C@H](O[Si](c2ccccc2)(c2ccccc2)C(C)(C)C)[C@@H](C)C(=O)C2=C[C@@H]3[C@@H](C=C[C@@H]4C[C@@H](O[C@@H]5O[C@H](C)[C@H](OC)[C@H](OC)[C@H]5OC)C[C@@H]34)[C@H]2CC(=O)O1. The Balaban J connectivity index is 1.20. The van der Waals surface area contributed by atoms with Gasteiger partial charge in [-0.2, -0.15) is 0 Å². The van der Waals surface area contributed by atoms with Gasteiger partial charge in [0.15, 0.2) is 12.1 Å². The molecule has 0 aromatic heterocycles. The van der Waals surface area contributed by atoms with E-state index < -0.39 is 26.6 Å². The molecule has 322 valence electrons. The monoisotopic (exact) mass is 828 g/mol. The highest BCUT2D eigenvalue weighted by Crippen LogP contribution is 2.54. The van der Waals surface area contributed by atoms with E-state index in [4.69, 9.17) is 32.8 Å². The average molecular weight is 829 g/mol. The van der Waals surface area contributed by atoms with Crippen molar-refractivity contribution in [3.05, 3.63) is 84.5 Å². The maximum absolute atomic E-state index is 15.3. The largest absolute Gasteiger partial charge is 0.462 e. The molecule has 14 atom stereocenters. The zero-order valence-electron chi connectivity index (χ0n) is 36.7. The summed E-state index contributed by atoms with van der Waals surface area (Å²) in [5.41, 5.74) is 0.765. The number of hydrogen-bond donors (Lipinski definition) is 0. The normalized spacial score (nSPS) is 36.7. The van der Waals surface area contributed by atoms with Crippen LogP contribution in [0.5, 0.6) is 0 Å². The number of benzene rings is 2. The van der Waals surface area contributed by atoms with E-state index in [9.17, 15) is 4.79 Å². The number of hydrogen-bond acceptors (Lipinski definition) is 9. The fourth-order valence-electron chi connectivity index (χ4n) is 11.4. The molecule has 59 heavy (non-hydrogen) atoms. The number of ether oxygens (including phenoxy) is 6. The van der Waals surface area contributed by atoms with E-state index in [1.165, 1.54) is 10.4 Å². The van der Waals surface area contributed by atoms with Gasteiger partial charge in [-0.25, -0.2) is 0 Å². The number of fused-ring (bicyclic) bond motifs is 5. The summed E-state index contributed by atoms with van der Waals surface area (Å²) in [6.45, 7) is 13.0. The van der Waals surface area contributed by atoms with Crippen LogP contribution in [-0.4, -0.2) is 90.4 Å². The van der Waals surface area contributed by atoms with Crippen LogP contribution in [0.4, 0.5) is 0 Å². The number of ketones is 1. The predicted octanol–water partition coefficient (Wildman–Crippen LogP) is 7.59. The molecule has 9 nitrogen and oxygen atoms in total. The number of methoxy groups -OCH3 is 3. The average Bonchev–Trinajstić information content (AvgIpc) is 3.81. The summed E-state index contributed by atoms with van der Waals surface area (Å²) in [6, 6.07) is 21.4. The molecule has 10 heteroatoms. The molecule has 0 amide bonds. The molecule has 1 saturated carbocycles. The van der Waals surface area contributed by atoms with Crippen molar-refractivity contribution >= 4 is 30.4 Å². The maximum atomic E-state index is 15.3. The summed E-state index contributed by atoms with van der Waals surface area (Å²) in [7, 11) is 2.00. The molecule has 5 aliphatic rings. The molecular formula is C49H68O9Si. The fraction of sp³-hybridized carbons (Fsp3) is 0.633. The first kappa shape index (κ1) is 44.1. The van der Waals surface area contributed by atoms with Crippen LogP contribution in [0.2, 0.25) is 5.04 Å². The first-order valence-electron chi connectivity index (χ1n) is 22.2. The number of rotatable bonds is 10. The highest BCUT2D eigenvalue weighted by atomic mass is 28.4. The minimum Gasteiger partial charge on any atom is -0.462 e. The van der Waals surface area contributed by atoms with E-state index in [1.807, 2.05) is 6.92 Å². The van der Waals surface area contributed by atoms with Gasteiger partial charge >= 0.3 is 5.97 Å². The van der Waals surface area contributed by atoms with Crippen LogP contribution in [0.3, 0.4) is 0 Å². The van der Waals surface area contributed by atoms with E-state index in [2.05, 4.69) is 114 Å².